The van der Waals surface area contributed by atoms with Gasteiger partial charge in [-0.3, -0.25) is 0 Å². The van der Waals surface area contributed by atoms with E-state index in [0.29, 0.717) is 46.0 Å². The minimum absolute atomic E-state index is 0.393. The highest BCUT2D eigenvalue weighted by Crippen LogP contribution is 2.34. The van der Waals surface area contributed by atoms with E-state index in [0.717, 1.165) is 21.2 Å². The standard InChI is InChI=1S/C24H22BrClN4O3S/c1-31-20-6-4-3-5-18(20)23-28-29-24(34)30(23)27-13-16-11-21(32-2)22(12-19(16)25)33-14-15-7-9-17(26)10-8-15/h3-12,27H,13-14H2,1-2H3,(H,29,34). The Kier molecular flexibility index (Phi) is 7.77. The molecule has 176 valence electrons. The summed E-state index contributed by atoms with van der Waals surface area (Å²) < 4.78 is 20.1. The fraction of sp³-hybridized carbons (Fsp3) is 0.167. The number of rotatable bonds is 9. The Hall–Kier alpha value is -3.01. The molecule has 0 aliphatic rings. The van der Waals surface area contributed by atoms with Gasteiger partial charge < -0.3 is 19.6 Å². The second-order valence-corrected chi connectivity index (χ2v) is 8.91. The number of halogens is 2. The normalized spacial score (nSPS) is 10.7. The van der Waals surface area contributed by atoms with Crippen molar-refractivity contribution in [1.29, 1.82) is 0 Å². The van der Waals surface area contributed by atoms with Crippen molar-refractivity contribution in [1.82, 2.24) is 14.9 Å². The van der Waals surface area contributed by atoms with Crippen molar-refractivity contribution < 1.29 is 14.2 Å². The molecule has 0 amide bonds. The van der Waals surface area contributed by atoms with Crippen LogP contribution < -0.4 is 19.6 Å². The number of ether oxygens (including phenoxy) is 3. The summed E-state index contributed by atoms with van der Waals surface area (Å²) in [6.45, 7) is 0.842. The molecule has 4 rings (SSSR count). The highest BCUT2D eigenvalue weighted by Gasteiger charge is 2.15. The van der Waals surface area contributed by atoms with Gasteiger partial charge >= 0.3 is 0 Å². The zero-order valence-corrected chi connectivity index (χ0v) is 21.6. The van der Waals surface area contributed by atoms with Gasteiger partial charge in [0.1, 0.15) is 12.4 Å². The van der Waals surface area contributed by atoms with Crippen LogP contribution in [-0.2, 0) is 13.2 Å². The summed E-state index contributed by atoms with van der Waals surface area (Å²) in [4.78, 5) is 0. The average Bonchev–Trinajstić information content (AvgIpc) is 3.22. The van der Waals surface area contributed by atoms with Crippen LogP contribution in [-0.4, -0.2) is 29.1 Å². The van der Waals surface area contributed by atoms with E-state index in [1.54, 1.807) is 18.9 Å². The maximum atomic E-state index is 5.99. The average molecular weight is 562 g/mol. The number of para-hydroxylation sites is 1. The minimum Gasteiger partial charge on any atom is -0.496 e. The van der Waals surface area contributed by atoms with E-state index in [-0.39, 0.29) is 0 Å². The number of nitrogens with zero attached hydrogens (tertiary/aromatic N) is 2. The molecule has 0 saturated carbocycles. The Balaban J connectivity index is 1.53. The van der Waals surface area contributed by atoms with Crippen molar-refractivity contribution in [3.8, 4) is 28.6 Å². The number of hydrogen-bond donors (Lipinski definition) is 2. The van der Waals surface area contributed by atoms with E-state index >= 15 is 0 Å². The first-order valence-corrected chi connectivity index (χ1v) is 11.9. The Labute approximate surface area is 215 Å². The van der Waals surface area contributed by atoms with Crippen LogP contribution in [0.25, 0.3) is 11.4 Å². The van der Waals surface area contributed by atoms with Crippen LogP contribution in [0.4, 0.5) is 0 Å². The number of aromatic amines is 1. The molecule has 4 aromatic rings. The summed E-state index contributed by atoms with van der Waals surface area (Å²) in [6, 6.07) is 19.0. The number of methoxy groups -OCH3 is 2. The van der Waals surface area contributed by atoms with Crippen LogP contribution in [0.5, 0.6) is 17.2 Å². The lowest BCUT2D eigenvalue weighted by atomic mass is 10.2. The monoisotopic (exact) mass is 560 g/mol. The maximum Gasteiger partial charge on any atom is 0.214 e. The third-order valence-corrected chi connectivity index (χ3v) is 6.35. The number of aromatic nitrogens is 3. The Morgan fingerprint density at radius 1 is 1.03 bits per heavy atom. The van der Waals surface area contributed by atoms with Crippen LogP contribution >= 0.6 is 39.7 Å². The van der Waals surface area contributed by atoms with Gasteiger partial charge in [-0.25, -0.2) is 9.77 Å². The van der Waals surface area contributed by atoms with Crippen LogP contribution in [0.15, 0.2) is 65.1 Å². The van der Waals surface area contributed by atoms with E-state index in [1.807, 2.05) is 60.7 Å². The van der Waals surface area contributed by atoms with E-state index in [9.17, 15) is 0 Å². The fourth-order valence-electron chi connectivity index (χ4n) is 3.34. The van der Waals surface area contributed by atoms with Crippen LogP contribution in [0, 0.1) is 4.77 Å². The first-order chi connectivity index (χ1) is 16.5. The van der Waals surface area contributed by atoms with Gasteiger partial charge in [0.05, 0.1) is 26.3 Å². The molecule has 10 heteroatoms. The predicted molar refractivity (Wildman–Crippen MR) is 139 cm³/mol. The molecule has 3 aromatic carbocycles. The van der Waals surface area contributed by atoms with Crippen LogP contribution in [0.2, 0.25) is 5.02 Å². The zero-order chi connectivity index (χ0) is 24.1. The van der Waals surface area contributed by atoms with Crippen molar-refractivity contribution in [2.45, 2.75) is 13.2 Å². The predicted octanol–water partition coefficient (Wildman–Crippen LogP) is 6.36. The van der Waals surface area contributed by atoms with Gasteiger partial charge in [-0.1, -0.05) is 51.8 Å². The fourth-order valence-corrected chi connectivity index (χ4v) is 4.13. The Morgan fingerprint density at radius 3 is 2.50 bits per heavy atom. The van der Waals surface area contributed by atoms with Crippen molar-refractivity contribution >= 4 is 39.7 Å². The Bertz CT molecular complexity index is 1340. The second kappa shape index (κ2) is 10.9. The molecule has 0 unspecified atom stereocenters. The van der Waals surface area contributed by atoms with Crippen molar-refractivity contribution in [3.05, 3.63) is 86.1 Å². The lowest BCUT2D eigenvalue weighted by molar-refractivity contribution is 0.284. The van der Waals surface area contributed by atoms with Gasteiger partial charge in [0.15, 0.2) is 17.3 Å². The number of H-pyrrole nitrogens is 1. The topological polar surface area (TPSA) is 73.3 Å². The molecule has 2 N–H and O–H groups in total. The molecule has 1 aromatic heterocycles. The molecular weight excluding hydrogens is 540 g/mol. The van der Waals surface area contributed by atoms with Crippen LogP contribution in [0.3, 0.4) is 0 Å². The second-order valence-electron chi connectivity index (χ2n) is 7.23. The van der Waals surface area contributed by atoms with E-state index < -0.39 is 0 Å². The van der Waals surface area contributed by atoms with Gasteiger partial charge in [0, 0.05) is 9.50 Å². The summed E-state index contributed by atoms with van der Waals surface area (Å²) >= 11 is 15.0. The van der Waals surface area contributed by atoms with E-state index in [1.165, 1.54) is 0 Å². The summed E-state index contributed by atoms with van der Waals surface area (Å²) in [7, 11) is 3.24. The molecule has 1 heterocycles. The molecule has 0 radical (unpaired) electrons. The summed E-state index contributed by atoms with van der Waals surface area (Å²) in [5.41, 5.74) is 6.09. The Morgan fingerprint density at radius 2 is 1.76 bits per heavy atom. The van der Waals surface area contributed by atoms with Crippen molar-refractivity contribution in [2.24, 2.45) is 0 Å². The molecule has 0 aliphatic carbocycles. The van der Waals surface area contributed by atoms with E-state index in [4.69, 9.17) is 38.0 Å². The molecule has 0 spiro atoms. The van der Waals surface area contributed by atoms with Gasteiger partial charge in [-0.2, -0.15) is 5.10 Å². The number of nitrogens with one attached hydrogen (secondary N) is 2. The third kappa shape index (κ3) is 5.38. The number of hydrogen-bond acceptors (Lipinski definition) is 6. The molecule has 0 saturated heterocycles. The molecule has 0 atom stereocenters. The lowest BCUT2D eigenvalue weighted by Gasteiger charge is -2.16. The number of benzene rings is 3. The van der Waals surface area contributed by atoms with Gasteiger partial charge in [0.2, 0.25) is 4.77 Å². The van der Waals surface area contributed by atoms with Crippen molar-refractivity contribution in [3.63, 3.8) is 0 Å². The molecule has 34 heavy (non-hydrogen) atoms. The minimum atomic E-state index is 0.393. The summed E-state index contributed by atoms with van der Waals surface area (Å²) in [5, 5.41) is 7.90. The first kappa shape index (κ1) is 24.1. The highest BCUT2D eigenvalue weighted by molar-refractivity contribution is 9.10. The summed E-state index contributed by atoms with van der Waals surface area (Å²) in [5.74, 6) is 2.57. The molecule has 0 bridgehead atoms. The van der Waals surface area contributed by atoms with Crippen LogP contribution in [0.1, 0.15) is 11.1 Å². The first-order valence-electron chi connectivity index (χ1n) is 10.3. The zero-order valence-electron chi connectivity index (χ0n) is 18.5. The van der Waals surface area contributed by atoms with Gasteiger partial charge in [-0.05, 0) is 59.7 Å². The lowest BCUT2D eigenvalue weighted by Crippen LogP contribution is -2.16. The molecular formula is C24H22BrClN4O3S. The van der Waals surface area contributed by atoms with Gasteiger partial charge in [0.25, 0.3) is 0 Å². The largest absolute Gasteiger partial charge is 0.496 e. The maximum absolute atomic E-state index is 5.99. The highest BCUT2D eigenvalue weighted by atomic mass is 79.9. The van der Waals surface area contributed by atoms with Gasteiger partial charge in [-0.15, -0.1) is 0 Å². The SMILES string of the molecule is COc1cc(CNn2c(-c3ccccc3OC)n[nH]c2=S)c(Br)cc1OCc1ccc(Cl)cc1. The quantitative estimate of drug-likeness (QED) is 0.232. The molecule has 0 fully saturated rings. The molecule has 7 nitrogen and oxygen atoms in total. The van der Waals surface area contributed by atoms with Crippen molar-refractivity contribution in [2.75, 3.05) is 19.6 Å². The molecule has 0 aliphatic heterocycles. The smallest absolute Gasteiger partial charge is 0.214 e. The third-order valence-electron chi connectivity index (χ3n) is 5.09. The van der Waals surface area contributed by atoms with E-state index in [2.05, 4.69) is 31.6 Å². The summed E-state index contributed by atoms with van der Waals surface area (Å²) in [6.07, 6.45) is 0.